The van der Waals surface area contributed by atoms with Crippen LogP contribution in [0.3, 0.4) is 0 Å². The molecule has 0 amide bonds. The van der Waals surface area contributed by atoms with Gasteiger partial charge >= 0.3 is 0 Å². The molecule has 0 radical (unpaired) electrons. The van der Waals surface area contributed by atoms with E-state index < -0.39 is 0 Å². The largest absolute Gasteiger partial charge is 0.311 e. The molecule has 0 unspecified atom stereocenters. The smallest absolute Gasteiger partial charge is 0.254 e. The van der Waals surface area contributed by atoms with Crippen molar-refractivity contribution in [3.8, 4) is 0 Å². The molecule has 2 aromatic rings. The molecule has 98 valence electrons. The van der Waals surface area contributed by atoms with Crippen LogP contribution in [0.4, 0.5) is 0 Å². The van der Waals surface area contributed by atoms with Crippen molar-refractivity contribution in [3.63, 3.8) is 0 Å². The van der Waals surface area contributed by atoms with E-state index in [1.165, 1.54) is 5.56 Å². The standard InChI is InChI=1S/C14H16N4O/c1-10-16-13-9-18(7-4-12(13)14(19)17-10)8-11-2-5-15-6-3-11/h2-3,5-6H,4,7-9H2,1H3,(H,16,17,19). The summed E-state index contributed by atoms with van der Waals surface area (Å²) in [6, 6.07) is 4.04. The van der Waals surface area contributed by atoms with Crippen molar-refractivity contribution in [2.45, 2.75) is 26.4 Å². The predicted octanol–water partition coefficient (Wildman–Crippen LogP) is 1.03. The van der Waals surface area contributed by atoms with E-state index >= 15 is 0 Å². The molecule has 0 saturated carbocycles. The highest BCUT2D eigenvalue weighted by atomic mass is 16.1. The third kappa shape index (κ3) is 2.56. The summed E-state index contributed by atoms with van der Waals surface area (Å²) in [5, 5.41) is 0. The number of pyridine rings is 1. The molecule has 0 bridgehead atoms. The van der Waals surface area contributed by atoms with Crippen LogP contribution in [0.25, 0.3) is 0 Å². The van der Waals surface area contributed by atoms with Crippen molar-refractivity contribution in [3.05, 3.63) is 57.5 Å². The number of H-pyrrole nitrogens is 1. The number of aromatic amines is 1. The molecule has 1 N–H and O–H groups in total. The van der Waals surface area contributed by atoms with E-state index in [1.807, 2.05) is 19.1 Å². The molecule has 0 aromatic carbocycles. The zero-order chi connectivity index (χ0) is 13.2. The Balaban J connectivity index is 1.81. The van der Waals surface area contributed by atoms with Crippen LogP contribution in [-0.4, -0.2) is 26.4 Å². The van der Waals surface area contributed by atoms with Gasteiger partial charge in [-0.05, 0) is 31.0 Å². The molecule has 5 nitrogen and oxygen atoms in total. The van der Waals surface area contributed by atoms with Crippen LogP contribution in [0.1, 0.15) is 22.6 Å². The number of aromatic nitrogens is 3. The number of aryl methyl sites for hydroxylation is 1. The lowest BCUT2D eigenvalue weighted by Crippen LogP contribution is -2.35. The number of nitrogens with one attached hydrogen (secondary N) is 1. The zero-order valence-electron chi connectivity index (χ0n) is 10.9. The average Bonchev–Trinajstić information content (AvgIpc) is 2.39. The van der Waals surface area contributed by atoms with Gasteiger partial charge in [0, 0.05) is 37.6 Å². The minimum Gasteiger partial charge on any atom is -0.311 e. The number of nitrogens with zero attached hydrogens (tertiary/aromatic N) is 3. The monoisotopic (exact) mass is 256 g/mol. The van der Waals surface area contributed by atoms with Gasteiger partial charge in [0.25, 0.3) is 5.56 Å². The lowest BCUT2D eigenvalue weighted by molar-refractivity contribution is 0.240. The number of rotatable bonds is 2. The zero-order valence-corrected chi connectivity index (χ0v) is 10.9. The fraction of sp³-hybridized carbons (Fsp3) is 0.357. The molecule has 1 aliphatic rings. The molecular weight excluding hydrogens is 240 g/mol. The van der Waals surface area contributed by atoms with Crippen LogP contribution in [0, 0.1) is 6.92 Å². The van der Waals surface area contributed by atoms with E-state index in [9.17, 15) is 4.79 Å². The van der Waals surface area contributed by atoms with Crippen LogP contribution >= 0.6 is 0 Å². The number of fused-ring (bicyclic) bond motifs is 1. The summed E-state index contributed by atoms with van der Waals surface area (Å²) in [7, 11) is 0. The normalized spacial score (nSPS) is 15.2. The summed E-state index contributed by atoms with van der Waals surface area (Å²) in [6.07, 6.45) is 4.38. The Morgan fingerprint density at radius 1 is 1.37 bits per heavy atom. The molecule has 0 fully saturated rings. The van der Waals surface area contributed by atoms with Crippen LogP contribution in [0.2, 0.25) is 0 Å². The van der Waals surface area contributed by atoms with E-state index in [4.69, 9.17) is 0 Å². The lowest BCUT2D eigenvalue weighted by Gasteiger charge is -2.27. The van der Waals surface area contributed by atoms with Gasteiger partial charge in [-0.2, -0.15) is 0 Å². The molecule has 3 rings (SSSR count). The Kier molecular flexibility index (Phi) is 3.13. The average molecular weight is 256 g/mol. The van der Waals surface area contributed by atoms with E-state index in [-0.39, 0.29) is 5.56 Å². The molecule has 0 saturated heterocycles. The van der Waals surface area contributed by atoms with Crippen molar-refractivity contribution >= 4 is 0 Å². The fourth-order valence-electron chi connectivity index (χ4n) is 2.50. The maximum atomic E-state index is 11.8. The van der Waals surface area contributed by atoms with Crippen LogP contribution in [0.5, 0.6) is 0 Å². The Labute approximate surface area is 111 Å². The van der Waals surface area contributed by atoms with Gasteiger partial charge in [0.2, 0.25) is 0 Å². The number of hydrogen-bond acceptors (Lipinski definition) is 4. The van der Waals surface area contributed by atoms with Crippen molar-refractivity contribution in [1.29, 1.82) is 0 Å². The molecule has 3 heterocycles. The molecule has 0 atom stereocenters. The second-order valence-corrected chi connectivity index (χ2v) is 4.89. The summed E-state index contributed by atoms with van der Waals surface area (Å²) in [6.45, 7) is 4.32. The minimum absolute atomic E-state index is 0.0195. The predicted molar refractivity (Wildman–Crippen MR) is 71.6 cm³/mol. The van der Waals surface area contributed by atoms with Crippen molar-refractivity contribution in [1.82, 2.24) is 19.9 Å². The van der Waals surface area contributed by atoms with Gasteiger partial charge in [0.15, 0.2) is 0 Å². The van der Waals surface area contributed by atoms with Gasteiger partial charge in [0.05, 0.1) is 5.69 Å². The second kappa shape index (κ2) is 4.93. The Bertz CT molecular complexity index is 636. The highest BCUT2D eigenvalue weighted by molar-refractivity contribution is 5.21. The maximum Gasteiger partial charge on any atom is 0.254 e. The summed E-state index contributed by atoms with van der Waals surface area (Å²) >= 11 is 0. The first kappa shape index (κ1) is 12.0. The summed E-state index contributed by atoms with van der Waals surface area (Å²) in [4.78, 5) is 25.4. The maximum absolute atomic E-state index is 11.8. The second-order valence-electron chi connectivity index (χ2n) is 4.89. The molecule has 19 heavy (non-hydrogen) atoms. The molecule has 0 spiro atoms. The molecule has 0 aliphatic carbocycles. The van der Waals surface area contributed by atoms with Crippen LogP contribution < -0.4 is 5.56 Å². The molecule has 2 aromatic heterocycles. The van der Waals surface area contributed by atoms with Gasteiger partial charge in [0.1, 0.15) is 5.82 Å². The fourth-order valence-corrected chi connectivity index (χ4v) is 2.50. The summed E-state index contributed by atoms with van der Waals surface area (Å²) in [5.41, 5.74) is 3.02. The quantitative estimate of drug-likeness (QED) is 0.872. The van der Waals surface area contributed by atoms with Crippen molar-refractivity contribution in [2.24, 2.45) is 0 Å². The van der Waals surface area contributed by atoms with Crippen LogP contribution in [0.15, 0.2) is 29.3 Å². The lowest BCUT2D eigenvalue weighted by atomic mass is 10.1. The van der Waals surface area contributed by atoms with Gasteiger partial charge in [-0.25, -0.2) is 4.98 Å². The van der Waals surface area contributed by atoms with Crippen molar-refractivity contribution in [2.75, 3.05) is 6.54 Å². The van der Waals surface area contributed by atoms with E-state index in [0.29, 0.717) is 5.82 Å². The Hall–Kier alpha value is -2.01. The van der Waals surface area contributed by atoms with E-state index in [1.54, 1.807) is 12.4 Å². The molecular formula is C14H16N4O. The molecule has 1 aliphatic heterocycles. The summed E-state index contributed by atoms with van der Waals surface area (Å²) in [5.74, 6) is 0.689. The highest BCUT2D eigenvalue weighted by Crippen LogP contribution is 2.15. The number of hydrogen-bond donors (Lipinski definition) is 1. The minimum atomic E-state index is 0.0195. The molecule has 5 heteroatoms. The van der Waals surface area contributed by atoms with Gasteiger partial charge in [-0.3, -0.25) is 14.7 Å². The third-order valence-corrected chi connectivity index (χ3v) is 3.43. The van der Waals surface area contributed by atoms with Gasteiger partial charge < -0.3 is 4.98 Å². The SMILES string of the molecule is Cc1nc2c(c(=O)[nH]1)CCN(Cc1ccncc1)C2. The third-order valence-electron chi connectivity index (χ3n) is 3.43. The van der Waals surface area contributed by atoms with Crippen LogP contribution in [-0.2, 0) is 19.5 Å². The first-order valence-corrected chi connectivity index (χ1v) is 6.42. The Morgan fingerprint density at radius 2 is 2.16 bits per heavy atom. The van der Waals surface area contributed by atoms with E-state index in [2.05, 4.69) is 19.9 Å². The topological polar surface area (TPSA) is 61.9 Å². The summed E-state index contributed by atoms with van der Waals surface area (Å²) < 4.78 is 0. The highest BCUT2D eigenvalue weighted by Gasteiger charge is 2.20. The first-order valence-electron chi connectivity index (χ1n) is 6.42. The van der Waals surface area contributed by atoms with Crippen molar-refractivity contribution < 1.29 is 0 Å². The van der Waals surface area contributed by atoms with Gasteiger partial charge in [-0.15, -0.1) is 0 Å². The van der Waals surface area contributed by atoms with E-state index in [0.717, 1.165) is 37.3 Å². The first-order chi connectivity index (χ1) is 9.22. The Morgan fingerprint density at radius 3 is 2.95 bits per heavy atom. The van der Waals surface area contributed by atoms with Gasteiger partial charge in [-0.1, -0.05) is 0 Å².